The first-order valence-electron chi connectivity index (χ1n) is 7.02. The summed E-state index contributed by atoms with van der Waals surface area (Å²) in [7, 11) is 2.98. The Labute approximate surface area is 131 Å². The van der Waals surface area contributed by atoms with Gasteiger partial charge in [-0.1, -0.05) is 0 Å². The molecule has 0 spiro atoms. The average Bonchev–Trinajstić information content (AvgIpc) is 2.37. The molecule has 0 aliphatic carbocycles. The highest BCUT2D eigenvalue weighted by Crippen LogP contribution is 2.39. The highest BCUT2D eigenvalue weighted by atomic mass is 16.6. The summed E-state index contributed by atoms with van der Waals surface area (Å²) in [4.78, 5) is 12.0. The number of phenolic OH excluding ortho intramolecular Hbond substituents is 1. The Morgan fingerprint density at radius 3 is 2.27 bits per heavy atom. The van der Waals surface area contributed by atoms with Gasteiger partial charge in [0.25, 0.3) is 0 Å². The van der Waals surface area contributed by atoms with Crippen molar-refractivity contribution < 1.29 is 24.1 Å². The Bertz CT molecular complexity index is 548. The number of nitrogens with two attached hydrogens (primary N) is 1. The molecule has 124 valence electrons. The van der Waals surface area contributed by atoms with Crippen molar-refractivity contribution >= 4 is 5.97 Å². The number of hydrogen-bond acceptors (Lipinski definition) is 6. The van der Waals surface area contributed by atoms with E-state index in [4.69, 9.17) is 19.9 Å². The van der Waals surface area contributed by atoms with E-state index >= 15 is 0 Å². The Balaban J connectivity index is 3.05. The number of phenols is 1. The fraction of sp³-hybridized carbons (Fsp3) is 0.562. The van der Waals surface area contributed by atoms with Gasteiger partial charge >= 0.3 is 5.97 Å². The van der Waals surface area contributed by atoms with Crippen molar-refractivity contribution in [3.05, 3.63) is 17.2 Å². The molecular formula is C16H25NO5. The summed E-state index contributed by atoms with van der Waals surface area (Å²) in [5.74, 6) is 0.356. The molecule has 22 heavy (non-hydrogen) atoms. The molecule has 0 saturated heterocycles. The van der Waals surface area contributed by atoms with Gasteiger partial charge in [0.1, 0.15) is 17.4 Å². The van der Waals surface area contributed by atoms with Crippen LogP contribution in [0.15, 0.2) is 6.07 Å². The first-order chi connectivity index (χ1) is 10.1. The van der Waals surface area contributed by atoms with Crippen molar-refractivity contribution in [2.24, 2.45) is 5.73 Å². The normalized spacial score (nSPS) is 12.7. The molecule has 6 nitrogen and oxygen atoms in total. The van der Waals surface area contributed by atoms with Crippen LogP contribution in [0.3, 0.4) is 0 Å². The quantitative estimate of drug-likeness (QED) is 0.807. The summed E-state index contributed by atoms with van der Waals surface area (Å²) in [6.07, 6.45) is 0.191. The standard InChI is InChI=1S/C16H25NO5/c1-9-13(20-5)10(8-12(18)14(9)21-6)7-11(17)15(19)22-16(2,3)4/h8,11,18H,7,17H2,1-6H3/t11-/m0/s1. The van der Waals surface area contributed by atoms with Crippen molar-refractivity contribution in [2.45, 2.75) is 45.8 Å². The number of hydrogen-bond donors (Lipinski definition) is 2. The molecule has 0 bridgehead atoms. The lowest BCUT2D eigenvalue weighted by molar-refractivity contribution is -0.156. The molecule has 1 aromatic rings. The molecule has 3 N–H and O–H groups in total. The summed E-state index contributed by atoms with van der Waals surface area (Å²) in [5.41, 5.74) is 6.58. The summed E-state index contributed by atoms with van der Waals surface area (Å²) < 4.78 is 15.8. The van der Waals surface area contributed by atoms with Gasteiger partial charge in [0.05, 0.1) is 14.2 Å². The lowest BCUT2D eigenvalue weighted by atomic mass is 10.0. The number of ether oxygens (including phenoxy) is 3. The molecule has 6 heteroatoms. The van der Waals surface area contributed by atoms with Crippen molar-refractivity contribution in [1.29, 1.82) is 0 Å². The van der Waals surface area contributed by atoms with Gasteiger partial charge in [0, 0.05) is 17.5 Å². The van der Waals surface area contributed by atoms with Crippen molar-refractivity contribution in [2.75, 3.05) is 14.2 Å². The van der Waals surface area contributed by atoms with E-state index in [1.807, 2.05) is 0 Å². The van der Waals surface area contributed by atoms with E-state index in [0.29, 0.717) is 22.6 Å². The number of rotatable bonds is 5. The molecule has 1 aromatic carbocycles. The minimum atomic E-state index is -0.847. The fourth-order valence-corrected chi connectivity index (χ4v) is 2.22. The van der Waals surface area contributed by atoms with Gasteiger partial charge in [-0.25, -0.2) is 0 Å². The van der Waals surface area contributed by atoms with Crippen molar-refractivity contribution in [3.8, 4) is 17.2 Å². The third-order valence-corrected chi connectivity index (χ3v) is 3.07. The van der Waals surface area contributed by atoms with Gasteiger partial charge in [0.15, 0.2) is 11.5 Å². The fourth-order valence-electron chi connectivity index (χ4n) is 2.22. The van der Waals surface area contributed by atoms with E-state index < -0.39 is 17.6 Å². The molecule has 0 saturated carbocycles. The number of carbonyl (C=O) groups excluding carboxylic acids is 1. The van der Waals surface area contributed by atoms with Gasteiger partial charge in [0.2, 0.25) is 0 Å². The lowest BCUT2D eigenvalue weighted by Crippen LogP contribution is -2.38. The Kier molecular flexibility index (Phi) is 5.65. The molecule has 0 aliphatic heterocycles. The second-order valence-electron chi connectivity index (χ2n) is 6.09. The third kappa shape index (κ3) is 4.27. The predicted molar refractivity (Wildman–Crippen MR) is 83.5 cm³/mol. The monoisotopic (exact) mass is 311 g/mol. The maximum Gasteiger partial charge on any atom is 0.323 e. The molecular weight excluding hydrogens is 286 g/mol. The Morgan fingerprint density at radius 2 is 1.82 bits per heavy atom. The molecule has 1 atom stereocenters. The zero-order valence-corrected chi connectivity index (χ0v) is 14.0. The molecule has 1 rings (SSSR count). The van der Waals surface area contributed by atoms with E-state index in [2.05, 4.69) is 0 Å². The molecule has 0 amide bonds. The molecule has 0 radical (unpaired) electrons. The second-order valence-corrected chi connectivity index (χ2v) is 6.09. The van der Waals surface area contributed by atoms with E-state index in [9.17, 15) is 9.90 Å². The molecule has 0 fully saturated rings. The summed E-state index contributed by atoms with van der Waals surface area (Å²) >= 11 is 0. The van der Waals surface area contributed by atoms with Crippen LogP contribution in [-0.2, 0) is 16.0 Å². The minimum absolute atomic E-state index is 0.0211. The summed E-state index contributed by atoms with van der Waals surface area (Å²) in [5, 5.41) is 9.99. The maximum absolute atomic E-state index is 12.0. The van der Waals surface area contributed by atoms with E-state index in [1.54, 1.807) is 27.7 Å². The first-order valence-corrected chi connectivity index (χ1v) is 7.02. The van der Waals surface area contributed by atoms with Crippen LogP contribution in [0.4, 0.5) is 0 Å². The topological polar surface area (TPSA) is 91.0 Å². The third-order valence-electron chi connectivity index (χ3n) is 3.07. The van der Waals surface area contributed by atoms with Crippen molar-refractivity contribution in [1.82, 2.24) is 0 Å². The molecule has 0 heterocycles. The van der Waals surface area contributed by atoms with E-state index in [-0.39, 0.29) is 12.2 Å². The molecule has 0 unspecified atom stereocenters. The lowest BCUT2D eigenvalue weighted by Gasteiger charge is -2.23. The minimum Gasteiger partial charge on any atom is -0.504 e. The van der Waals surface area contributed by atoms with Crippen LogP contribution in [0.2, 0.25) is 0 Å². The smallest absolute Gasteiger partial charge is 0.323 e. The highest BCUT2D eigenvalue weighted by Gasteiger charge is 2.25. The zero-order valence-electron chi connectivity index (χ0n) is 14.0. The van der Waals surface area contributed by atoms with E-state index in [0.717, 1.165) is 0 Å². The van der Waals surface area contributed by atoms with Crippen molar-refractivity contribution in [3.63, 3.8) is 0 Å². The van der Waals surface area contributed by atoms with Crippen LogP contribution in [-0.4, -0.2) is 36.9 Å². The second kappa shape index (κ2) is 6.87. The van der Waals surface area contributed by atoms with Crippen LogP contribution in [0.1, 0.15) is 31.9 Å². The van der Waals surface area contributed by atoms with Crippen LogP contribution in [0.5, 0.6) is 17.2 Å². The van der Waals surface area contributed by atoms with Crippen LogP contribution >= 0.6 is 0 Å². The Hall–Kier alpha value is -1.95. The van der Waals surface area contributed by atoms with Gasteiger partial charge < -0.3 is 25.1 Å². The average molecular weight is 311 g/mol. The van der Waals surface area contributed by atoms with Gasteiger partial charge in [-0.2, -0.15) is 0 Å². The number of methoxy groups -OCH3 is 2. The van der Waals surface area contributed by atoms with E-state index in [1.165, 1.54) is 20.3 Å². The SMILES string of the molecule is COc1c(O)cc(C[C@H](N)C(=O)OC(C)(C)C)c(OC)c1C. The number of esters is 1. The van der Waals surface area contributed by atoms with Gasteiger partial charge in [-0.05, 0) is 33.8 Å². The molecule has 0 aromatic heterocycles. The maximum atomic E-state index is 12.0. The van der Waals surface area contributed by atoms with Crippen LogP contribution in [0, 0.1) is 6.92 Å². The van der Waals surface area contributed by atoms with Crippen LogP contribution < -0.4 is 15.2 Å². The summed E-state index contributed by atoms with van der Waals surface area (Å²) in [6.45, 7) is 7.10. The predicted octanol–water partition coefficient (Wildman–Crippen LogP) is 1.93. The van der Waals surface area contributed by atoms with Gasteiger partial charge in [-0.3, -0.25) is 4.79 Å². The number of benzene rings is 1. The first kappa shape index (κ1) is 18.1. The Morgan fingerprint density at radius 1 is 1.27 bits per heavy atom. The molecule has 0 aliphatic rings. The largest absolute Gasteiger partial charge is 0.504 e. The zero-order chi connectivity index (χ0) is 17.1. The van der Waals surface area contributed by atoms with Gasteiger partial charge in [-0.15, -0.1) is 0 Å². The highest BCUT2D eigenvalue weighted by molar-refractivity contribution is 5.76. The van der Waals surface area contributed by atoms with Crippen LogP contribution in [0.25, 0.3) is 0 Å². The number of aromatic hydroxyl groups is 1. The number of carbonyl (C=O) groups is 1. The summed E-state index contributed by atoms with van der Waals surface area (Å²) in [6, 6.07) is 0.648.